The average Bonchev–Trinajstić information content (AvgIpc) is 1.64. The smallest absolute Gasteiger partial charge is 0.236 e. The van der Waals surface area contributed by atoms with Crippen LogP contribution in [0.1, 0.15) is 13.8 Å². The van der Waals surface area contributed by atoms with E-state index >= 15 is 0 Å². The van der Waals surface area contributed by atoms with Crippen molar-refractivity contribution in [2.24, 2.45) is 11.7 Å². The maximum absolute atomic E-state index is 10.4. The molecule has 0 unspecified atom stereocenters. The molecule has 0 bridgehead atoms. The summed E-state index contributed by atoms with van der Waals surface area (Å²) in [5, 5.41) is 0. The molecule has 3 N–H and O–H groups in total. The van der Waals surface area contributed by atoms with Crippen LogP contribution in [0.25, 0.3) is 0 Å². The minimum Gasteiger partial charge on any atom is -0.368 e. The summed E-state index contributed by atoms with van der Waals surface area (Å²) in [4.78, 5) is 12.7. The van der Waals surface area contributed by atoms with E-state index in [1.807, 2.05) is 13.8 Å². The van der Waals surface area contributed by atoms with Gasteiger partial charge in [-0.3, -0.25) is 4.79 Å². The predicted molar refractivity (Wildman–Crippen MR) is 36.8 cm³/mol. The van der Waals surface area contributed by atoms with Crippen molar-refractivity contribution in [3.63, 3.8) is 0 Å². The van der Waals surface area contributed by atoms with Gasteiger partial charge in [0.15, 0.2) is 0 Å². The Labute approximate surface area is 59.7 Å². The Bertz CT molecular complexity index is 105. The highest BCUT2D eigenvalue weighted by Crippen LogP contribution is 2.00. The molecule has 0 aliphatic heterocycles. The molecule has 3 nitrogen and oxygen atoms in total. The Balaban J connectivity index is 3.83. The fraction of sp³-hybridized carbons (Fsp3) is 0.800. The Morgan fingerprint density at radius 3 is 2.11 bits per heavy atom. The van der Waals surface area contributed by atoms with Crippen LogP contribution in [0.3, 0.4) is 0 Å². The van der Waals surface area contributed by atoms with Gasteiger partial charge >= 0.3 is 0 Å². The molecule has 4 heteroatoms. The first-order valence-electron chi connectivity index (χ1n) is 2.75. The second-order valence-corrected chi connectivity index (χ2v) is 2.45. The summed E-state index contributed by atoms with van der Waals surface area (Å²) >= 11 is 5.21. The van der Waals surface area contributed by atoms with Crippen molar-refractivity contribution in [2.45, 2.75) is 19.9 Å². The van der Waals surface area contributed by atoms with E-state index in [1.54, 1.807) is 0 Å². The highest BCUT2D eigenvalue weighted by Gasteiger charge is 2.16. The van der Waals surface area contributed by atoms with E-state index in [0.717, 1.165) is 0 Å². The number of rotatable bonds is 3. The van der Waals surface area contributed by atoms with Crippen molar-refractivity contribution in [1.29, 1.82) is 0 Å². The lowest BCUT2D eigenvalue weighted by Gasteiger charge is -2.13. The van der Waals surface area contributed by atoms with E-state index in [0.29, 0.717) is 0 Å². The van der Waals surface area contributed by atoms with Crippen molar-refractivity contribution >= 4 is 17.7 Å². The van der Waals surface area contributed by atoms with Gasteiger partial charge in [0.05, 0.1) is 0 Å². The summed E-state index contributed by atoms with van der Waals surface area (Å²) in [6, 6.07) is -0.424. The third-order valence-electron chi connectivity index (χ3n) is 1.09. The molecule has 0 aromatic carbocycles. The third kappa shape index (κ3) is 2.67. The zero-order valence-electron chi connectivity index (χ0n) is 5.52. The summed E-state index contributed by atoms with van der Waals surface area (Å²) in [6.45, 7) is 3.73. The van der Waals surface area contributed by atoms with Crippen LogP contribution < -0.4 is 10.6 Å². The molecule has 0 aromatic rings. The molecule has 0 aliphatic carbocycles. The number of nitrogens with one attached hydrogen (secondary N) is 1. The minimum atomic E-state index is -0.424. The fourth-order valence-corrected chi connectivity index (χ4v) is 0.868. The Hall–Kier alpha value is -0.280. The number of amides is 1. The molecular formula is C5H11ClN2O. The summed E-state index contributed by atoms with van der Waals surface area (Å²) in [6.07, 6.45) is 0. The van der Waals surface area contributed by atoms with Gasteiger partial charge in [0.2, 0.25) is 5.91 Å². The maximum atomic E-state index is 10.4. The number of hydrogen-bond acceptors (Lipinski definition) is 2. The lowest BCUT2D eigenvalue weighted by atomic mass is 10.1. The Morgan fingerprint density at radius 2 is 2.11 bits per heavy atom. The van der Waals surface area contributed by atoms with Gasteiger partial charge < -0.3 is 5.73 Å². The van der Waals surface area contributed by atoms with Gasteiger partial charge in [0.1, 0.15) is 6.04 Å². The van der Waals surface area contributed by atoms with Gasteiger partial charge in [-0.2, -0.15) is 0 Å². The molecule has 0 radical (unpaired) electrons. The summed E-state index contributed by atoms with van der Waals surface area (Å²) in [7, 11) is 0. The molecule has 1 atom stereocenters. The first kappa shape index (κ1) is 8.72. The lowest BCUT2D eigenvalue weighted by molar-refractivity contribution is -0.120. The quantitative estimate of drug-likeness (QED) is 0.567. The summed E-state index contributed by atoms with van der Waals surface area (Å²) < 4.78 is 0. The minimum absolute atomic E-state index is 0.139. The van der Waals surface area contributed by atoms with Crippen LogP contribution in [0.2, 0.25) is 0 Å². The number of carbonyl (C=O) groups excluding carboxylic acids is 1. The second-order valence-electron chi connectivity index (χ2n) is 2.23. The Kier molecular flexibility index (Phi) is 3.58. The van der Waals surface area contributed by atoms with Gasteiger partial charge in [-0.15, -0.1) is 0 Å². The molecule has 0 spiro atoms. The highest BCUT2D eigenvalue weighted by molar-refractivity contribution is 6.15. The standard InChI is InChI=1S/C5H11ClN2O/c1-3(2)4(8-6)5(7)9/h3-4,8H,1-2H3,(H2,7,9)/t4-/m1/s1. The number of hydrogen-bond donors (Lipinski definition) is 2. The van der Waals surface area contributed by atoms with Gasteiger partial charge in [-0.25, -0.2) is 4.84 Å². The molecule has 1 amide bonds. The molecule has 54 valence electrons. The van der Waals surface area contributed by atoms with E-state index in [1.165, 1.54) is 0 Å². The van der Waals surface area contributed by atoms with Crippen molar-refractivity contribution in [1.82, 2.24) is 4.84 Å². The van der Waals surface area contributed by atoms with E-state index in [-0.39, 0.29) is 5.92 Å². The van der Waals surface area contributed by atoms with Crippen LogP contribution in [0.5, 0.6) is 0 Å². The van der Waals surface area contributed by atoms with Crippen LogP contribution in [0.15, 0.2) is 0 Å². The first-order chi connectivity index (χ1) is 4.09. The van der Waals surface area contributed by atoms with Crippen LogP contribution >= 0.6 is 11.8 Å². The zero-order valence-corrected chi connectivity index (χ0v) is 6.27. The molecule has 9 heavy (non-hydrogen) atoms. The van der Waals surface area contributed by atoms with Gasteiger partial charge in [-0.05, 0) is 17.7 Å². The first-order valence-corrected chi connectivity index (χ1v) is 3.13. The number of halogens is 1. The van der Waals surface area contributed by atoms with Crippen molar-refractivity contribution < 1.29 is 4.79 Å². The molecule has 0 saturated heterocycles. The number of primary amides is 1. The highest BCUT2D eigenvalue weighted by atomic mass is 35.5. The lowest BCUT2D eigenvalue weighted by Crippen LogP contribution is -2.40. The maximum Gasteiger partial charge on any atom is 0.236 e. The van der Waals surface area contributed by atoms with E-state index in [4.69, 9.17) is 17.5 Å². The van der Waals surface area contributed by atoms with Crippen LogP contribution in [-0.4, -0.2) is 11.9 Å². The topological polar surface area (TPSA) is 55.1 Å². The van der Waals surface area contributed by atoms with Crippen molar-refractivity contribution in [3.05, 3.63) is 0 Å². The summed E-state index contributed by atoms with van der Waals surface area (Å²) in [5.74, 6) is -0.278. The van der Waals surface area contributed by atoms with Gasteiger partial charge in [0, 0.05) is 0 Å². The van der Waals surface area contributed by atoms with Crippen molar-refractivity contribution in [2.75, 3.05) is 0 Å². The molecule has 0 rings (SSSR count). The molecule has 0 aliphatic rings. The van der Waals surface area contributed by atoms with E-state index < -0.39 is 11.9 Å². The molecule has 0 fully saturated rings. The molecular weight excluding hydrogens is 140 g/mol. The zero-order chi connectivity index (χ0) is 7.44. The normalized spacial score (nSPS) is 13.8. The number of carbonyl (C=O) groups is 1. The SMILES string of the molecule is CC(C)[C@@H](NCl)C(N)=O. The van der Waals surface area contributed by atoms with Crippen LogP contribution in [0.4, 0.5) is 0 Å². The van der Waals surface area contributed by atoms with Gasteiger partial charge in [0.25, 0.3) is 0 Å². The molecule has 0 heterocycles. The third-order valence-corrected chi connectivity index (χ3v) is 1.33. The van der Waals surface area contributed by atoms with Crippen LogP contribution in [-0.2, 0) is 4.79 Å². The summed E-state index contributed by atoms with van der Waals surface area (Å²) in [5.41, 5.74) is 4.96. The average molecular weight is 151 g/mol. The second kappa shape index (κ2) is 3.69. The van der Waals surface area contributed by atoms with E-state index in [2.05, 4.69) is 4.84 Å². The molecule has 0 aromatic heterocycles. The number of nitrogens with two attached hydrogens (primary N) is 1. The molecule has 0 saturated carbocycles. The largest absolute Gasteiger partial charge is 0.368 e. The van der Waals surface area contributed by atoms with Crippen LogP contribution in [0, 0.1) is 5.92 Å². The Morgan fingerprint density at radius 1 is 1.67 bits per heavy atom. The van der Waals surface area contributed by atoms with Gasteiger partial charge in [-0.1, -0.05) is 13.8 Å². The van der Waals surface area contributed by atoms with Crippen molar-refractivity contribution in [3.8, 4) is 0 Å². The van der Waals surface area contributed by atoms with E-state index in [9.17, 15) is 4.79 Å². The predicted octanol–water partition coefficient (Wildman–Crippen LogP) is 0.240. The fourth-order valence-electron chi connectivity index (χ4n) is 0.508. The monoisotopic (exact) mass is 150 g/mol.